The summed E-state index contributed by atoms with van der Waals surface area (Å²) in [4.78, 5) is 28.9. The minimum atomic E-state index is -3.94. The van der Waals surface area contributed by atoms with Crippen LogP contribution in [0.15, 0.2) is 74.8 Å². The van der Waals surface area contributed by atoms with Crippen LogP contribution >= 0.6 is 15.9 Å². The predicted octanol–water partition coefficient (Wildman–Crippen LogP) is 5.35. The van der Waals surface area contributed by atoms with Crippen LogP contribution in [-0.2, 0) is 16.4 Å². The Bertz CT molecular complexity index is 2180. The molecule has 3 aromatic carbocycles. The molecule has 1 saturated heterocycles. The summed E-state index contributed by atoms with van der Waals surface area (Å²) in [6.07, 6.45) is 0.352. The number of aryl methyl sites for hydroxylation is 1. The summed E-state index contributed by atoms with van der Waals surface area (Å²) in [6.45, 7) is 10.3. The fourth-order valence-corrected chi connectivity index (χ4v) is 8.38. The highest BCUT2D eigenvalue weighted by atomic mass is 79.9. The van der Waals surface area contributed by atoms with Crippen molar-refractivity contribution in [3.63, 3.8) is 0 Å². The van der Waals surface area contributed by atoms with Crippen LogP contribution in [0.5, 0.6) is 5.75 Å². The van der Waals surface area contributed by atoms with E-state index in [9.17, 15) is 13.2 Å². The number of benzene rings is 3. The Morgan fingerprint density at radius 1 is 0.957 bits per heavy atom. The lowest BCUT2D eigenvalue weighted by Crippen LogP contribution is -2.48. The van der Waals surface area contributed by atoms with Gasteiger partial charge in [0.05, 0.1) is 28.6 Å². The van der Waals surface area contributed by atoms with Gasteiger partial charge in [-0.1, -0.05) is 23.8 Å². The van der Waals surface area contributed by atoms with Crippen molar-refractivity contribution in [1.29, 1.82) is 0 Å². The number of methoxy groups -OCH3 is 1. The number of hydrogen-bond acceptors (Lipinski definition) is 9. The highest BCUT2D eigenvalue weighted by Crippen LogP contribution is 2.38. The zero-order valence-electron chi connectivity index (χ0n) is 26.7. The summed E-state index contributed by atoms with van der Waals surface area (Å²) < 4.78 is 37.0. The molecule has 1 fully saturated rings. The van der Waals surface area contributed by atoms with E-state index in [2.05, 4.69) is 44.9 Å². The molecule has 0 unspecified atom stereocenters. The number of nitrogens with one attached hydrogen (secondary N) is 1. The SMILES string of the molecule is COc1cc(N2CCN(C(C)C)CC2)ccc1Nc1nc2c(c3nc4cccc(Br)c4c(=O)n13)CCN2S(=O)(=O)c1ccc(C)cc1. The number of hydrogen-bond donors (Lipinski definition) is 1. The molecule has 0 bridgehead atoms. The lowest BCUT2D eigenvalue weighted by molar-refractivity contribution is 0.209. The molecule has 13 heteroatoms. The van der Waals surface area contributed by atoms with E-state index in [0.29, 0.717) is 50.5 Å². The van der Waals surface area contributed by atoms with Crippen molar-refractivity contribution in [2.45, 2.75) is 38.1 Å². The standard InChI is InChI=1S/C34H36BrN7O4S/c1-21(2)39-16-18-40(19-17-39)23-10-13-27(29(20-23)46-4)37-34-38-31-25(14-15-41(31)47(44,45)24-11-8-22(3)9-12-24)32-36-28-7-5-6-26(35)30(28)33(43)42(32)34/h5-13,20-21H,14-19H2,1-4H3,(H,37,38). The van der Waals surface area contributed by atoms with Crippen LogP contribution in [-0.4, -0.2) is 73.6 Å². The van der Waals surface area contributed by atoms with E-state index in [1.165, 1.54) is 8.71 Å². The number of piperazine rings is 1. The molecular formula is C34H36BrN7O4S. The van der Waals surface area contributed by atoms with E-state index in [4.69, 9.17) is 14.7 Å². The van der Waals surface area contributed by atoms with Crippen molar-refractivity contribution >= 4 is 65.6 Å². The maximum absolute atomic E-state index is 14.2. The smallest absolute Gasteiger partial charge is 0.269 e. The lowest BCUT2D eigenvalue weighted by Gasteiger charge is -2.38. The van der Waals surface area contributed by atoms with Gasteiger partial charge in [-0.25, -0.2) is 22.1 Å². The third-order valence-electron chi connectivity index (χ3n) is 9.06. The maximum Gasteiger partial charge on any atom is 0.269 e. The number of nitrogens with zero attached hydrogens (tertiary/aromatic N) is 6. The van der Waals surface area contributed by atoms with Crippen molar-refractivity contribution in [3.8, 4) is 5.75 Å². The topological polar surface area (TPSA) is 112 Å². The molecule has 0 radical (unpaired) electrons. The summed E-state index contributed by atoms with van der Waals surface area (Å²) >= 11 is 3.52. The molecule has 0 aliphatic carbocycles. The van der Waals surface area contributed by atoms with Crippen molar-refractivity contribution in [2.75, 3.05) is 54.4 Å². The van der Waals surface area contributed by atoms with Crippen LogP contribution in [0.2, 0.25) is 0 Å². The Kier molecular flexibility index (Phi) is 8.09. The molecule has 2 aliphatic rings. The molecule has 7 rings (SSSR count). The van der Waals surface area contributed by atoms with Crippen LogP contribution < -0.4 is 24.8 Å². The predicted molar refractivity (Wildman–Crippen MR) is 189 cm³/mol. The van der Waals surface area contributed by atoms with Crippen LogP contribution in [0.1, 0.15) is 25.0 Å². The molecule has 1 N–H and O–H groups in total. The number of rotatable bonds is 7. The monoisotopic (exact) mass is 717 g/mol. The number of fused-ring (bicyclic) bond motifs is 4. The summed E-state index contributed by atoms with van der Waals surface area (Å²) in [6, 6.07) is 18.6. The number of aromatic nitrogens is 3. The highest BCUT2D eigenvalue weighted by Gasteiger charge is 2.35. The summed E-state index contributed by atoms with van der Waals surface area (Å²) in [5.74, 6) is 0.945. The van der Waals surface area contributed by atoms with Crippen molar-refractivity contribution < 1.29 is 13.2 Å². The van der Waals surface area contributed by atoms with Gasteiger partial charge < -0.3 is 15.0 Å². The summed E-state index contributed by atoms with van der Waals surface area (Å²) in [7, 11) is -2.34. The van der Waals surface area contributed by atoms with E-state index in [1.54, 1.807) is 43.5 Å². The first-order chi connectivity index (χ1) is 22.6. The van der Waals surface area contributed by atoms with E-state index in [0.717, 1.165) is 37.4 Å². The first-order valence-electron chi connectivity index (χ1n) is 15.6. The third-order valence-corrected chi connectivity index (χ3v) is 11.5. The second-order valence-electron chi connectivity index (χ2n) is 12.2. The Balaban J connectivity index is 1.35. The van der Waals surface area contributed by atoms with Gasteiger partial charge in [0.1, 0.15) is 11.4 Å². The fraction of sp³-hybridized carbons (Fsp3) is 0.324. The summed E-state index contributed by atoms with van der Waals surface area (Å²) in [5, 5.41) is 3.72. The Labute approximate surface area is 282 Å². The van der Waals surface area contributed by atoms with E-state index in [1.807, 2.05) is 31.2 Å². The molecule has 0 saturated carbocycles. The second kappa shape index (κ2) is 12.1. The molecule has 244 valence electrons. The minimum absolute atomic E-state index is 0.136. The molecule has 2 aliphatic heterocycles. The van der Waals surface area contributed by atoms with Gasteiger partial charge in [0, 0.05) is 60.6 Å². The normalized spacial score (nSPS) is 15.5. The molecule has 2 aromatic heterocycles. The molecule has 0 spiro atoms. The molecule has 0 atom stereocenters. The largest absolute Gasteiger partial charge is 0.494 e. The van der Waals surface area contributed by atoms with Gasteiger partial charge in [-0.2, -0.15) is 4.98 Å². The minimum Gasteiger partial charge on any atom is -0.494 e. The van der Waals surface area contributed by atoms with Gasteiger partial charge >= 0.3 is 0 Å². The third kappa shape index (κ3) is 5.49. The average Bonchev–Trinajstić information content (AvgIpc) is 3.50. The van der Waals surface area contributed by atoms with Gasteiger partial charge in [0.25, 0.3) is 15.6 Å². The van der Waals surface area contributed by atoms with Gasteiger partial charge in [-0.3, -0.25) is 9.69 Å². The number of sulfonamides is 1. The molecule has 11 nitrogen and oxygen atoms in total. The van der Waals surface area contributed by atoms with Crippen LogP contribution in [0.4, 0.5) is 23.1 Å². The number of anilines is 4. The van der Waals surface area contributed by atoms with E-state index < -0.39 is 10.0 Å². The van der Waals surface area contributed by atoms with Gasteiger partial charge in [0.2, 0.25) is 5.95 Å². The van der Waals surface area contributed by atoms with Gasteiger partial charge in [-0.15, -0.1) is 0 Å². The molecular weight excluding hydrogens is 682 g/mol. The van der Waals surface area contributed by atoms with Crippen molar-refractivity contribution in [3.05, 3.63) is 86.6 Å². The molecule has 4 heterocycles. The van der Waals surface area contributed by atoms with E-state index in [-0.39, 0.29) is 28.8 Å². The van der Waals surface area contributed by atoms with E-state index >= 15 is 0 Å². The number of halogens is 1. The van der Waals surface area contributed by atoms with Crippen molar-refractivity contribution in [1.82, 2.24) is 19.3 Å². The zero-order valence-corrected chi connectivity index (χ0v) is 29.1. The zero-order chi connectivity index (χ0) is 33.0. The molecule has 47 heavy (non-hydrogen) atoms. The second-order valence-corrected chi connectivity index (χ2v) is 14.9. The summed E-state index contributed by atoms with van der Waals surface area (Å²) in [5.41, 5.74) is 3.70. The van der Waals surface area contributed by atoms with Crippen molar-refractivity contribution in [2.24, 2.45) is 0 Å². The first-order valence-corrected chi connectivity index (χ1v) is 17.9. The van der Waals surface area contributed by atoms with Gasteiger partial charge in [-0.05, 0) is 79.5 Å². The maximum atomic E-state index is 14.2. The number of ether oxygens (including phenoxy) is 1. The average molecular weight is 719 g/mol. The first kappa shape index (κ1) is 31.4. The Morgan fingerprint density at radius 2 is 1.70 bits per heavy atom. The lowest BCUT2D eigenvalue weighted by atomic mass is 10.2. The van der Waals surface area contributed by atoms with Crippen LogP contribution in [0.25, 0.3) is 16.6 Å². The molecule has 5 aromatic rings. The fourth-order valence-electron chi connectivity index (χ4n) is 6.41. The van der Waals surface area contributed by atoms with Crippen LogP contribution in [0, 0.1) is 6.92 Å². The molecule has 0 amide bonds. The van der Waals surface area contributed by atoms with Crippen LogP contribution in [0.3, 0.4) is 0 Å². The Morgan fingerprint density at radius 3 is 2.40 bits per heavy atom. The quantitative estimate of drug-likeness (QED) is 0.223. The Hall–Kier alpha value is -4.20. The van der Waals surface area contributed by atoms with Gasteiger partial charge in [0.15, 0.2) is 5.82 Å². The highest BCUT2D eigenvalue weighted by molar-refractivity contribution is 9.10.